The summed E-state index contributed by atoms with van der Waals surface area (Å²) < 4.78 is 39.2. The Kier molecular flexibility index (Phi) is 9.04. The number of halogens is 3. The summed E-state index contributed by atoms with van der Waals surface area (Å²) in [6, 6.07) is 15.7. The summed E-state index contributed by atoms with van der Waals surface area (Å²) >= 11 is 0. The van der Waals surface area contributed by atoms with Crippen molar-refractivity contribution < 1.29 is 22.8 Å². The smallest absolute Gasteiger partial charge is 0.344 e. The number of pyridine rings is 1. The van der Waals surface area contributed by atoms with Gasteiger partial charge in [0.2, 0.25) is 5.91 Å². The van der Waals surface area contributed by atoms with E-state index in [4.69, 9.17) is 0 Å². The Hall–Kier alpha value is -2.94. The molecule has 0 radical (unpaired) electrons. The molecule has 0 aliphatic heterocycles. The molecule has 1 saturated carbocycles. The lowest BCUT2D eigenvalue weighted by molar-refractivity contribution is -0.186. The third-order valence-corrected chi connectivity index (χ3v) is 5.84. The van der Waals surface area contributed by atoms with Crippen molar-refractivity contribution in [1.82, 2.24) is 19.7 Å². The van der Waals surface area contributed by atoms with Gasteiger partial charge in [-0.05, 0) is 49.9 Å². The van der Waals surface area contributed by atoms with Crippen LogP contribution in [0.5, 0.6) is 0 Å². The van der Waals surface area contributed by atoms with Crippen LogP contribution in [0.4, 0.5) is 13.2 Å². The van der Waals surface area contributed by atoms with E-state index >= 15 is 0 Å². The molecule has 1 heterocycles. The second kappa shape index (κ2) is 12.0. The first-order chi connectivity index (χ1) is 16.2. The highest BCUT2D eigenvalue weighted by atomic mass is 19.4. The molecule has 6 nitrogen and oxygen atoms in total. The van der Waals surface area contributed by atoms with Crippen molar-refractivity contribution in [2.75, 3.05) is 26.7 Å². The predicted octanol–water partition coefficient (Wildman–Crippen LogP) is 3.88. The number of amides is 2. The summed E-state index contributed by atoms with van der Waals surface area (Å²) in [5.41, 5.74) is 1.55. The minimum absolute atomic E-state index is 0.286. The van der Waals surface area contributed by atoms with Gasteiger partial charge in [-0.25, -0.2) is 0 Å². The highest BCUT2D eigenvalue weighted by Crippen LogP contribution is 2.28. The van der Waals surface area contributed by atoms with Gasteiger partial charge in [0.15, 0.2) is 0 Å². The standard InChI is InChI=1S/C25H31F3N4O2/c1-30(15-7-8-16-31(22-12-13-22)17-20-9-3-2-4-10-20)23(33)19-32(24(34)25(26,27)28)18-21-11-5-6-14-29-21/h2-6,9-11,14,22H,7-8,12-13,15-19H2,1H3. The Morgan fingerprint density at radius 3 is 2.26 bits per heavy atom. The van der Waals surface area contributed by atoms with Crippen LogP contribution < -0.4 is 0 Å². The van der Waals surface area contributed by atoms with Crippen molar-refractivity contribution in [3.05, 3.63) is 66.0 Å². The fraction of sp³-hybridized carbons (Fsp3) is 0.480. The summed E-state index contributed by atoms with van der Waals surface area (Å²) in [6.07, 6.45) is 0.379. The molecule has 3 rings (SSSR count). The number of likely N-dealkylation sites (N-methyl/N-ethyl adjacent to an activating group) is 1. The zero-order valence-corrected chi connectivity index (χ0v) is 19.4. The second-order valence-electron chi connectivity index (χ2n) is 8.69. The first kappa shape index (κ1) is 25.7. The van der Waals surface area contributed by atoms with E-state index in [9.17, 15) is 22.8 Å². The maximum Gasteiger partial charge on any atom is 0.471 e. The Morgan fingerprint density at radius 1 is 0.971 bits per heavy atom. The molecule has 1 aromatic heterocycles. The molecule has 1 aliphatic rings. The van der Waals surface area contributed by atoms with E-state index in [1.54, 1.807) is 19.2 Å². The summed E-state index contributed by atoms with van der Waals surface area (Å²) in [5, 5.41) is 0. The number of carbonyl (C=O) groups excluding carboxylic acids is 2. The molecular weight excluding hydrogens is 445 g/mol. The summed E-state index contributed by atoms with van der Waals surface area (Å²) in [7, 11) is 1.56. The molecule has 34 heavy (non-hydrogen) atoms. The lowest BCUT2D eigenvalue weighted by Crippen LogP contribution is -2.46. The van der Waals surface area contributed by atoms with E-state index in [2.05, 4.69) is 22.0 Å². The van der Waals surface area contributed by atoms with Crippen LogP contribution in [0.2, 0.25) is 0 Å². The van der Waals surface area contributed by atoms with Crippen LogP contribution in [-0.4, -0.2) is 70.4 Å². The molecule has 1 fully saturated rings. The lowest BCUT2D eigenvalue weighted by atomic mass is 10.2. The summed E-state index contributed by atoms with van der Waals surface area (Å²) in [6.45, 7) is 1.19. The summed E-state index contributed by atoms with van der Waals surface area (Å²) in [4.78, 5) is 32.8. The van der Waals surface area contributed by atoms with Gasteiger partial charge >= 0.3 is 12.1 Å². The Labute approximate surface area is 198 Å². The van der Waals surface area contributed by atoms with Crippen LogP contribution in [0.3, 0.4) is 0 Å². The third-order valence-electron chi connectivity index (χ3n) is 5.84. The molecule has 0 unspecified atom stereocenters. The number of hydrogen-bond acceptors (Lipinski definition) is 4. The van der Waals surface area contributed by atoms with E-state index in [1.807, 2.05) is 18.2 Å². The van der Waals surface area contributed by atoms with Gasteiger partial charge in [-0.2, -0.15) is 13.2 Å². The molecule has 0 spiro atoms. The van der Waals surface area contributed by atoms with Crippen LogP contribution >= 0.6 is 0 Å². The fourth-order valence-corrected chi connectivity index (χ4v) is 3.79. The average molecular weight is 477 g/mol. The Bertz CT molecular complexity index is 921. The van der Waals surface area contributed by atoms with Crippen molar-refractivity contribution in [2.24, 2.45) is 0 Å². The molecule has 0 atom stereocenters. The second-order valence-corrected chi connectivity index (χ2v) is 8.69. The van der Waals surface area contributed by atoms with E-state index in [0.29, 0.717) is 17.5 Å². The van der Waals surface area contributed by atoms with E-state index in [0.717, 1.165) is 25.9 Å². The van der Waals surface area contributed by atoms with E-state index < -0.39 is 24.5 Å². The van der Waals surface area contributed by atoms with Crippen LogP contribution in [0.1, 0.15) is 36.9 Å². The van der Waals surface area contributed by atoms with E-state index in [-0.39, 0.29) is 12.2 Å². The van der Waals surface area contributed by atoms with Crippen LogP contribution in [0.15, 0.2) is 54.7 Å². The molecule has 184 valence electrons. The van der Waals surface area contributed by atoms with Gasteiger partial charge in [-0.1, -0.05) is 36.4 Å². The molecule has 2 aromatic rings. The zero-order chi connectivity index (χ0) is 24.6. The third kappa shape index (κ3) is 8.13. The van der Waals surface area contributed by atoms with Crippen molar-refractivity contribution in [2.45, 2.75) is 51.0 Å². The first-order valence-electron chi connectivity index (χ1n) is 11.5. The molecule has 0 saturated heterocycles. The van der Waals surface area contributed by atoms with Crippen molar-refractivity contribution in [1.29, 1.82) is 0 Å². The number of unbranched alkanes of at least 4 members (excludes halogenated alkanes) is 1. The molecule has 1 aromatic carbocycles. The minimum Gasteiger partial charge on any atom is -0.344 e. The quantitative estimate of drug-likeness (QED) is 0.437. The molecule has 0 bridgehead atoms. The van der Waals surface area contributed by atoms with Gasteiger partial charge in [0.25, 0.3) is 0 Å². The topological polar surface area (TPSA) is 56.8 Å². The number of carbonyl (C=O) groups is 2. The molecule has 1 aliphatic carbocycles. The molecule has 2 amide bonds. The number of benzene rings is 1. The van der Waals surface area contributed by atoms with Gasteiger partial charge < -0.3 is 9.80 Å². The van der Waals surface area contributed by atoms with Crippen LogP contribution in [0, 0.1) is 0 Å². The molecule has 9 heteroatoms. The van der Waals surface area contributed by atoms with E-state index in [1.165, 1.54) is 35.6 Å². The fourth-order valence-electron chi connectivity index (χ4n) is 3.79. The van der Waals surface area contributed by atoms with Crippen LogP contribution in [-0.2, 0) is 22.7 Å². The Balaban J connectivity index is 1.47. The number of rotatable bonds is 12. The minimum atomic E-state index is -5.06. The largest absolute Gasteiger partial charge is 0.471 e. The van der Waals surface area contributed by atoms with Gasteiger partial charge in [0.05, 0.1) is 12.2 Å². The first-order valence-corrected chi connectivity index (χ1v) is 11.5. The normalized spacial score (nSPS) is 13.7. The number of alkyl halides is 3. The van der Waals surface area contributed by atoms with Crippen LogP contribution in [0.25, 0.3) is 0 Å². The average Bonchev–Trinajstić information content (AvgIpc) is 3.66. The number of nitrogens with zero attached hydrogens (tertiary/aromatic N) is 4. The van der Waals surface area contributed by atoms with Gasteiger partial charge in [-0.3, -0.25) is 19.5 Å². The van der Waals surface area contributed by atoms with Gasteiger partial charge in [0, 0.05) is 32.4 Å². The maximum absolute atomic E-state index is 13.1. The van der Waals surface area contributed by atoms with Gasteiger partial charge in [0.1, 0.15) is 6.54 Å². The van der Waals surface area contributed by atoms with Gasteiger partial charge in [-0.15, -0.1) is 0 Å². The SMILES string of the molecule is CN(CCCCN(Cc1ccccc1)C1CC1)C(=O)CN(Cc1ccccn1)C(=O)C(F)(F)F. The predicted molar refractivity (Wildman–Crippen MR) is 122 cm³/mol. The maximum atomic E-state index is 13.1. The zero-order valence-electron chi connectivity index (χ0n) is 19.4. The number of hydrogen-bond donors (Lipinski definition) is 0. The highest BCUT2D eigenvalue weighted by molar-refractivity contribution is 5.87. The van der Waals surface area contributed by atoms with Crippen molar-refractivity contribution >= 4 is 11.8 Å². The summed E-state index contributed by atoms with van der Waals surface area (Å²) in [5.74, 6) is -2.57. The van der Waals surface area contributed by atoms with Crippen molar-refractivity contribution in [3.63, 3.8) is 0 Å². The number of aromatic nitrogens is 1. The highest BCUT2D eigenvalue weighted by Gasteiger charge is 2.43. The lowest BCUT2D eigenvalue weighted by Gasteiger charge is -2.26. The molecule has 0 N–H and O–H groups in total. The Morgan fingerprint density at radius 2 is 1.65 bits per heavy atom. The monoisotopic (exact) mass is 476 g/mol. The molecular formula is C25H31F3N4O2. The van der Waals surface area contributed by atoms with Crippen molar-refractivity contribution in [3.8, 4) is 0 Å².